The summed E-state index contributed by atoms with van der Waals surface area (Å²) in [4.78, 5) is 27.0. The van der Waals surface area contributed by atoms with E-state index in [0.29, 0.717) is 5.82 Å². The third-order valence-corrected chi connectivity index (χ3v) is 5.55. The highest BCUT2D eigenvalue weighted by atomic mass is 32.1. The largest absolute Gasteiger partial charge is 0.373 e. The van der Waals surface area contributed by atoms with Crippen molar-refractivity contribution in [1.82, 2.24) is 19.4 Å². The molecule has 28 heavy (non-hydrogen) atoms. The Kier molecular flexibility index (Phi) is 3.95. The van der Waals surface area contributed by atoms with Crippen LogP contribution in [0.2, 0.25) is 0 Å². The highest BCUT2D eigenvalue weighted by Crippen LogP contribution is 2.31. The maximum atomic E-state index is 12.1. The molecule has 7 nitrogen and oxygen atoms in total. The van der Waals surface area contributed by atoms with Gasteiger partial charge in [0.15, 0.2) is 4.96 Å². The number of nitrogens with zero attached hydrogens (tertiary/aromatic N) is 4. The van der Waals surface area contributed by atoms with Gasteiger partial charge in [-0.3, -0.25) is 9.20 Å². The van der Waals surface area contributed by atoms with Gasteiger partial charge in [-0.1, -0.05) is 17.3 Å². The van der Waals surface area contributed by atoms with Gasteiger partial charge in [0.2, 0.25) is 5.91 Å². The molecular weight excluding hydrogens is 372 g/mol. The Morgan fingerprint density at radius 2 is 2.11 bits per heavy atom. The van der Waals surface area contributed by atoms with Crippen LogP contribution >= 0.6 is 11.3 Å². The molecule has 1 aliphatic carbocycles. The number of thiazole rings is 1. The molecule has 8 heteroatoms. The highest BCUT2D eigenvalue weighted by Gasteiger charge is 2.29. The van der Waals surface area contributed by atoms with E-state index >= 15 is 0 Å². The molecule has 4 aromatic rings. The van der Waals surface area contributed by atoms with Gasteiger partial charge in [-0.2, -0.15) is 0 Å². The molecule has 1 aliphatic rings. The number of hydrogen-bond donors (Lipinski definition) is 2. The Labute approximate surface area is 164 Å². The molecule has 0 aromatic carbocycles. The van der Waals surface area contributed by atoms with Crippen LogP contribution in [0.5, 0.6) is 0 Å². The van der Waals surface area contributed by atoms with Gasteiger partial charge in [0.1, 0.15) is 11.6 Å². The maximum absolute atomic E-state index is 12.1. The Balaban J connectivity index is 1.55. The number of carbonyl (C=O) groups is 1. The van der Waals surface area contributed by atoms with Gasteiger partial charge < -0.3 is 10.6 Å². The summed E-state index contributed by atoms with van der Waals surface area (Å²) < 4.78 is 1.95. The van der Waals surface area contributed by atoms with E-state index < -0.39 is 0 Å². The molecule has 1 fully saturated rings. The number of hydrogen-bond acceptors (Lipinski definition) is 6. The van der Waals surface area contributed by atoms with Crippen molar-refractivity contribution in [1.29, 1.82) is 0 Å². The topological polar surface area (TPSA) is 84.2 Å². The van der Waals surface area contributed by atoms with Crippen LogP contribution in [0.15, 0.2) is 37.1 Å². The average Bonchev–Trinajstić information content (AvgIpc) is 3.35. The minimum absolute atomic E-state index is 0.0318. The number of imidazole rings is 1. The quantitative estimate of drug-likeness (QED) is 0.527. The molecule has 1 saturated carbocycles. The minimum Gasteiger partial charge on any atom is -0.373 e. The molecule has 0 bridgehead atoms. The molecule has 0 saturated heterocycles. The van der Waals surface area contributed by atoms with Crippen molar-refractivity contribution in [2.45, 2.75) is 12.8 Å². The minimum atomic E-state index is 0.0318. The predicted octanol–water partition coefficient (Wildman–Crippen LogP) is 3.13. The van der Waals surface area contributed by atoms with E-state index in [1.807, 2.05) is 29.9 Å². The van der Waals surface area contributed by atoms with Gasteiger partial charge in [0, 0.05) is 54.7 Å². The summed E-state index contributed by atoms with van der Waals surface area (Å²) in [5.74, 6) is 7.82. The third kappa shape index (κ3) is 3.06. The molecule has 0 spiro atoms. The van der Waals surface area contributed by atoms with Crippen molar-refractivity contribution >= 4 is 44.6 Å². The summed E-state index contributed by atoms with van der Waals surface area (Å²) >= 11 is 1.53. The first-order valence-corrected chi connectivity index (χ1v) is 9.75. The van der Waals surface area contributed by atoms with E-state index in [4.69, 9.17) is 0 Å². The molecule has 0 aliphatic heterocycles. The fraction of sp³-hybridized carbons (Fsp3) is 0.200. The van der Waals surface area contributed by atoms with Crippen LogP contribution < -0.4 is 10.6 Å². The van der Waals surface area contributed by atoms with Crippen molar-refractivity contribution in [2.75, 3.05) is 17.7 Å². The Morgan fingerprint density at radius 1 is 1.21 bits per heavy atom. The smallest absolute Gasteiger partial charge is 0.228 e. The van der Waals surface area contributed by atoms with Crippen LogP contribution in [0.4, 0.5) is 11.6 Å². The molecule has 0 atom stereocenters. The van der Waals surface area contributed by atoms with Crippen LogP contribution in [-0.2, 0) is 4.79 Å². The fourth-order valence-corrected chi connectivity index (χ4v) is 3.79. The van der Waals surface area contributed by atoms with Crippen molar-refractivity contribution in [3.8, 4) is 11.8 Å². The molecular formula is C20H16N6OS. The Hall–Kier alpha value is -3.44. The van der Waals surface area contributed by atoms with E-state index in [9.17, 15) is 4.79 Å². The first kappa shape index (κ1) is 16.7. The zero-order valence-corrected chi connectivity index (χ0v) is 15.9. The normalized spacial score (nSPS) is 13.3. The molecule has 2 N–H and O–H groups in total. The van der Waals surface area contributed by atoms with Crippen LogP contribution in [0.1, 0.15) is 23.3 Å². The Morgan fingerprint density at radius 3 is 2.89 bits per heavy atom. The van der Waals surface area contributed by atoms with E-state index in [1.165, 1.54) is 11.3 Å². The number of anilines is 2. The summed E-state index contributed by atoms with van der Waals surface area (Å²) in [6, 6.07) is 1.86. The fourth-order valence-electron chi connectivity index (χ4n) is 2.99. The van der Waals surface area contributed by atoms with E-state index in [-0.39, 0.29) is 11.8 Å². The van der Waals surface area contributed by atoms with Gasteiger partial charge in [0.05, 0.1) is 10.4 Å². The molecule has 4 aromatic heterocycles. The number of pyridine rings is 2. The van der Waals surface area contributed by atoms with Gasteiger partial charge in [-0.25, -0.2) is 15.0 Å². The number of carbonyl (C=O) groups excluding carboxylic acids is 1. The number of aromatic nitrogens is 4. The summed E-state index contributed by atoms with van der Waals surface area (Å²) in [6.45, 7) is 0. The molecule has 0 radical (unpaired) electrons. The predicted molar refractivity (Wildman–Crippen MR) is 109 cm³/mol. The first-order chi connectivity index (χ1) is 13.7. The SMILES string of the molecule is CNc1ncc(C#Cc2cn3ccnc3s2)c2cc(NC(=O)C3CC3)ncc12. The standard InChI is InChI=1S/C20H16N6OS/c1-21-18-16-10-23-17(25-19(27)12-2-3-12)8-15(16)13(9-24-18)4-5-14-11-26-7-6-22-20(26)28-14/h6-12H,2-3H2,1H3,(H,21,24)(H,23,25,27). The average molecular weight is 388 g/mol. The summed E-state index contributed by atoms with van der Waals surface area (Å²) in [5.41, 5.74) is 0.782. The third-order valence-electron chi connectivity index (χ3n) is 4.62. The first-order valence-electron chi connectivity index (χ1n) is 8.93. The van der Waals surface area contributed by atoms with Crippen molar-refractivity contribution in [3.05, 3.63) is 47.5 Å². The van der Waals surface area contributed by atoms with Gasteiger partial charge in [0.25, 0.3) is 0 Å². The second-order valence-corrected chi connectivity index (χ2v) is 7.62. The lowest BCUT2D eigenvalue weighted by Crippen LogP contribution is -2.14. The lowest BCUT2D eigenvalue weighted by atomic mass is 10.1. The lowest BCUT2D eigenvalue weighted by molar-refractivity contribution is -0.117. The van der Waals surface area contributed by atoms with Crippen molar-refractivity contribution in [2.24, 2.45) is 5.92 Å². The molecule has 0 unspecified atom stereocenters. The zero-order valence-electron chi connectivity index (χ0n) is 15.1. The van der Waals surface area contributed by atoms with Crippen LogP contribution in [0.3, 0.4) is 0 Å². The maximum Gasteiger partial charge on any atom is 0.228 e. The van der Waals surface area contributed by atoms with Gasteiger partial charge in [-0.05, 0) is 24.8 Å². The summed E-state index contributed by atoms with van der Waals surface area (Å²) in [7, 11) is 1.82. The van der Waals surface area contributed by atoms with E-state index in [1.54, 1.807) is 18.6 Å². The second-order valence-electron chi connectivity index (χ2n) is 6.61. The summed E-state index contributed by atoms with van der Waals surface area (Å²) in [6.07, 6.45) is 11.0. The van der Waals surface area contributed by atoms with Crippen LogP contribution in [0.25, 0.3) is 15.7 Å². The highest BCUT2D eigenvalue weighted by molar-refractivity contribution is 7.17. The summed E-state index contributed by atoms with van der Waals surface area (Å²) in [5, 5.41) is 7.74. The van der Waals surface area contributed by atoms with Crippen molar-refractivity contribution in [3.63, 3.8) is 0 Å². The second kappa shape index (κ2) is 6.62. The molecule has 138 valence electrons. The zero-order chi connectivity index (χ0) is 19.1. The molecule has 4 heterocycles. The number of rotatable bonds is 3. The lowest BCUT2D eigenvalue weighted by Gasteiger charge is -2.09. The van der Waals surface area contributed by atoms with Gasteiger partial charge in [-0.15, -0.1) is 0 Å². The van der Waals surface area contributed by atoms with Crippen molar-refractivity contribution < 1.29 is 4.79 Å². The van der Waals surface area contributed by atoms with Crippen LogP contribution in [0, 0.1) is 17.8 Å². The van der Waals surface area contributed by atoms with E-state index in [2.05, 4.69) is 37.4 Å². The van der Waals surface area contributed by atoms with Gasteiger partial charge >= 0.3 is 0 Å². The van der Waals surface area contributed by atoms with Crippen LogP contribution in [-0.4, -0.2) is 32.3 Å². The Bertz CT molecular complexity index is 1250. The number of amides is 1. The number of nitrogens with one attached hydrogen (secondary N) is 2. The monoisotopic (exact) mass is 388 g/mol. The molecule has 5 rings (SSSR count). The molecule has 1 amide bonds. The number of fused-ring (bicyclic) bond motifs is 2. The van der Waals surface area contributed by atoms with E-state index in [0.717, 1.165) is 44.8 Å².